The van der Waals surface area contributed by atoms with Gasteiger partial charge in [-0.1, -0.05) is 35.5 Å². The Morgan fingerprint density at radius 2 is 2.14 bits per heavy atom. The van der Waals surface area contributed by atoms with Crippen LogP contribution in [0.5, 0.6) is 0 Å². The lowest BCUT2D eigenvalue weighted by Crippen LogP contribution is -2.21. The molecule has 3 N–H and O–H groups in total. The number of rotatable bonds is 5. The third kappa shape index (κ3) is 3.81. The number of hydrogen-bond acceptors (Lipinski definition) is 6. The number of benzene rings is 1. The molecule has 0 bridgehead atoms. The van der Waals surface area contributed by atoms with Crippen molar-refractivity contribution in [3.05, 3.63) is 41.6 Å². The van der Waals surface area contributed by atoms with Gasteiger partial charge in [0.25, 0.3) is 5.91 Å². The summed E-state index contributed by atoms with van der Waals surface area (Å²) >= 11 is 0. The van der Waals surface area contributed by atoms with E-state index in [-0.39, 0.29) is 11.5 Å². The Bertz CT molecular complexity index is 665. The van der Waals surface area contributed by atoms with Crippen molar-refractivity contribution in [3.63, 3.8) is 0 Å². The van der Waals surface area contributed by atoms with Crippen molar-refractivity contribution in [2.24, 2.45) is 5.10 Å². The van der Waals surface area contributed by atoms with Gasteiger partial charge in [0.15, 0.2) is 11.5 Å². The molecule has 0 saturated carbocycles. The maximum Gasteiger partial charge on any atom is 0.295 e. The summed E-state index contributed by atoms with van der Waals surface area (Å²) in [5, 5.41) is 11.5. The monoisotopic (exact) mass is 302 g/mol. The number of ether oxygens (including phenoxy) is 1. The van der Waals surface area contributed by atoms with Crippen LogP contribution in [-0.4, -0.2) is 33.4 Å². The molecule has 0 fully saturated rings. The number of carbonyl (C=O) groups is 1. The molecular formula is C14H18N6O2. The van der Waals surface area contributed by atoms with E-state index in [2.05, 4.69) is 20.8 Å². The van der Waals surface area contributed by atoms with E-state index >= 15 is 0 Å². The zero-order chi connectivity index (χ0) is 15.9. The summed E-state index contributed by atoms with van der Waals surface area (Å²) in [6, 6.07) is 9.64. The molecule has 1 heterocycles. The number of nitrogens with zero attached hydrogens (tertiary/aromatic N) is 4. The molecule has 0 aliphatic carbocycles. The van der Waals surface area contributed by atoms with Crippen LogP contribution in [0.4, 0.5) is 5.82 Å². The molecule has 116 valence electrons. The maximum atomic E-state index is 12.0. The SMILES string of the molecule is CCO/C(C)=N/NC(=O)c1nnn(Cc2ccccc2)c1N. The molecule has 0 atom stereocenters. The number of nitrogens with two attached hydrogens (primary N) is 1. The van der Waals surface area contributed by atoms with Gasteiger partial charge in [-0.05, 0) is 12.5 Å². The first-order valence-corrected chi connectivity index (χ1v) is 6.82. The van der Waals surface area contributed by atoms with E-state index in [1.807, 2.05) is 37.3 Å². The number of nitrogen functional groups attached to an aromatic ring is 1. The molecule has 1 aromatic heterocycles. The lowest BCUT2D eigenvalue weighted by molar-refractivity contribution is 0.0949. The fourth-order valence-corrected chi connectivity index (χ4v) is 1.78. The molecule has 2 aromatic rings. The number of carbonyl (C=O) groups excluding carboxylic acids is 1. The van der Waals surface area contributed by atoms with Crippen molar-refractivity contribution in [2.75, 3.05) is 12.3 Å². The molecule has 1 aromatic carbocycles. The van der Waals surface area contributed by atoms with Crippen LogP contribution < -0.4 is 11.2 Å². The largest absolute Gasteiger partial charge is 0.480 e. The minimum Gasteiger partial charge on any atom is -0.480 e. The average molecular weight is 302 g/mol. The molecule has 0 unspecified atom stereocenters. The lowest BCUT2D eigenvalue weighted by atomic mass is 10.2. The average Bonchev–Trinajstić information content (AvgIpc) is 2.87. The van der Waals surface area contributed by atoms with E-state index in [0.29, 0.717) is 19.0 Å². The summed E-state index contributed by atoms with van der Waals surface area (Å²) in [6.45, 7) is 4.38. The van der Waals surface area contributed by atoms with Crippen LogP contribution in [0, 0.1) is 0 Å². The van der Waals surface area contributed by atoms with Gasteiger partial charge in [0.05, 0.1) is 13.2 Å². The summed E-state index contributed by atoms with van der Waals surface area (Å²) in [7, 11) is 0. The molecule has 1 amide bonds. The Labute approximate surface area is 128 Å². The normalized spacial score (nSPS) is 11.3. The van der Waals surface area contributed by atoms with Gasteiger partial charge in [-0.25, -0.2) is 10.1 Å². The van der Waals surface area contributed by atoms with Gasteiger partial charge in [-0.2, -0.15) is 0 Å². The van der Waals surface area contributed by atoms with Crippen molar-refractivity contribution in [2.45, 2.75) is 20.4 Å². The van der Waals surface area contributed by atoms with E-state index in [0.717, 1.165) is 5.56 Å². The molecule has 8 heteroatoms. The molecule has 0 spiro atoms. The second-order valence-corrected chi connectivity index (χ2v) is 4.47. The molecule has 22 heavy (non-hydrogen) atoms. The fourth-order valence-electron chi connectivity index (χ4n) is 1.78. The number of hydrazone groups is 1. The zero-order valence-corrected chi connectivity index (χ0v) is 12.5. The van der Waals surface area contributed by atoms with Crippen molar-refractivity contribution >= 4 is 17.6 Å². The first-order chi connectivity index (χ1) is 10.6. The lowest BCUT2D eigenvalue weighted by Gasteiger charge is -2.04. The summed E-state index contributed by atoms with van der Waals surface area (Å²) in [5.41, 5.74) is 9.29. The number of nitrogens with one attached hydrogen (secondary N) is 1. The molecule has 0 saturated heterocycles. The molecule has 0 aliphatic rings. The van der Waals surface area contributed by atoms with Crippen molar-refractivity contribution in [1.29, 1.82) is 0 Å². The Balaban J connectivity index is 2.07. The summed E-state index contributed by atoms with van der Waals surface area (Å²) < 4.78 is 6.57. The Morgan fingerprint density at radius 1 is 1.41 bits per heavy atom. The van der Waals surface area contributed by atoms with Crippen LogP contribution in [0.15, 0.2) is 35.4 Å². The van der Waals surface area contributed by atoms with E-state index in [4.69, 9.17) is 10.5 Å². The molecule has 0 radical (unpaired) electrons. The predicted octanol–water partition coefficient (Wildman–Crippen LogP) is 1.01. The van der Waals surface area contributed by atoms with Gasteiger partial charge in [-0.15, -0.1) is 10.2 Å². The Morgan fingerprint density at radius 3 is 2.82 bits per heavy atom. The Hall–Kier alpha value is -2.90. The number of amides is 1. The van der Waals surface area contributed by atoms with Gasteiger partial charge in [-0.3, -0.25) is 4.79 Å². The Kier molecular flexibility index (Phi) is 5.07. The van der Waals surface area contributed by atoms with Gasteiger partial charge >= 0.3 is 0 Å². The van der Waals surface area contributed by atoms with Crippen LogP contribution in [0.1, 0.15) is 29.9 Å². The van der Waals surface area contributed by atoms with E-state index in [9.17, 15) is 4.79 Å². The van der Waals surface area contributed by atoms with Crippen LogP contribution in [0.2, 0.25) is 0 Å². The van der Waals surface area contributed by atoms with Crippen LogP contribution >= 0.6 is 0 Å². The van der Waals surface area contributed by atoms with Gasteiger partial charge < -0.3 is 10.5 Å². The second kappa shape index (κ2) is 7.21. The van der Waals surface area contributed by atoms with Gasteiger partial charge in [0, 0.05) is 6.92 Å². The van der Waals surface area contributed by atoms with Gasteiger partial charge in [0.2, 0.25) is 5.90 Å². The van der Waals surface area contributed by atoms with Crippen molar-refractivity contribution in [3.8, 4) is 0 Å². The standard InChI is InChI=1S/C14H18N6O2/c1-3-22-10(2)16-18-14(21)12-13(15)20(19-17-12)9-11-7-5-4-6-8-11/h4-8H,3,9,15H2,1-2H3,(H,18,21)/b16-10+. The van der Waals surface area contributed by atoms with E-state index < -0.39 is 5.91 Å². The minimum atomic E-state index is -0.532. The highest BCUT2D eigenvalue weighted by Gasteiger charge is 2.17. The molecule has 2 rings (SSSR count). The number of hydrogen-bond donors (Lipinski definition) is 2. The van der Waals surface area contributed by atoms with Crippen LogP contribution in [0.3, 0.4) is 0 Å². The highest BCUT2D eigenvalue weighted by Crippen LogP contribution is 2.10. The minimum absolute atomic E-state index is 0.0315. The highest BCUT2D eigenvalue weighted by molar-refractivity contribution is 5.96. The number of anilines is 1. The highest BCUT2D eigenvalue weighted by atomic mass is 16.5. The van der Waals surface area contributed by atoms with Crippen molar-refractivity contribution < 1.29 is 9.53 Å². The fraction of sp³-hybridized carbons (Fsp3) is 0.286. The second-order valence-electron chi connectivity index (χ2n) is 4.47. The third-order valence-corrected chi connectivity index (χ3v) is 2.83. The molecule has 0 aliphatic heterocycles. The maximum absolute atomic E-state index is 12.0. The third-order valence-electron chi connectivity index (χ3n) is 2.83. The summed E-state index contributed by atoms with van der Waals surface area (Å²) in [5.74, 6) is 0.00702. The van der Waals surface area contributed by atoms with E-state index in [1.54, 1.807) is 6.92 Å². The van der Waals surface area contributed by atoms with E-state index in [1.165, 1.54) is 4.68 Å². The predicted molar refractivity (Wildman–Crippen MR) is 82.2 cm³/mol. The zero-order valence-electron chi connectivity index (χ0n) is 12.5. The summed E-state index contributed by atoms with van der Waals surface area (Å²) in [4.78, 5) is 12.0. The number of aromatic nitrogens is 3. The van der Waals surface area contributed by atoms with Gasteiger partial charge in [0.1, 0.15) is 0 Å². The first kappa shape index (κ1) is 15.5. The molecule has 8 nitrogen and oxygen atoms in total. The molecular weight excluding hydrogens is 284 g/mol. The topological polar surface area (TPSA) is 107 Å². The smallest absolute Gasteiger partial charge is 0.295 e. The van der Waals surface area contributed by atoms with Crippen molar-refractivity contribution in [1.82, 2.24) is 20.4 Å². The first-order valence-electron chi connectivity index (χ1n) is 6.82. The van der Waals surface area contributed by atoms with Crippen LogP contribution in [-0.2, 0) is 11.3 Å². The van der Waals surface area contributed by atoms with Crippen LogP contribution in [0.25, 0.3) is 0 Å². The quantitative estimate of drug-likeness (QED) is 0.487. The summed E-state index contributed by atoms with van der Waals surface area (Å²) in [6.07, 6.45) is 0.